The van der Waals surface area contributed by atoms with Gasteiger partial charge >= 0.3 is 6.18 Å². The molecule has 19 heavy (non-hydrogen) atoms. The number of alkyl halides is 3. The molecular weight excluding hydrogens is 261 g/mol. The Morgan fingerprint density at radius 3 is 2.79 bits per heavy atom. The van der Waals surface area contributed by atoms with Crippen molar-refractivity contribution in [3.8, 4) is 0 Å². The van der Waals surface area contributed by atoms with Gasteiger partial charge in [0, 0.05) is 12.1 Å². The first-order valence-electron chi connectivity index (χ1n) is 6.17. The number of rotatable bonds is 2. The average molecular weight is 276 g/mol. The lowest BCUT2D eigenvalue weighted by Gasteiger charge is -2.30. The number of aromatic nitrogens is 1. The van der Waals surface area contributed by atoms with E-state index in [1.165, 1.54) is 6.07 Å². The molecule has 0 aliphatic heterocycles. The van der Waals surface area contributed by atoms with E-state index in [4.69, 9.17) is 4.52 Å². The Morgan fingerprint density at radius 2 is 2.21 bits per heavy atom. The molecule has 0 spiro atoms. The second-order valence-electron chi connectivity index (χ2n) is 4.90. The van der Waals surface area contributed by atoms with Gasteiger partial charge in [0.05, 0.1) is 5.92 Å². The van der Waals surface area contributed by atoms with Crippen molar-refractivity contribution in [2.24, 2.45) is 5.92 Å². The van der Waals surface area contributed by atoms with Crippen LogP contribution in [-0.4, -0.2) is 23.3 Å². The fraction of sp³-hybridized carbons (Fsp3) is 0.667. The Labute approximate surface area is 108 Å². The maximum Gasteiger partial charge on any atom is 0.391 e. The molecule has 2 atom stereocenters. The highest BCUT2D eigenvalue weighted by Gasteiger charge is 2.42. The first-order chi connectivity index (χ1) is 8.86. The highest BCUT2D eigenvalue weighted by Crippen LogP contribution is 2.37. The molecule has 4 nitrogen and oxygen atoms in total. The summed E-state index contributed by atoms with van der Waals surface area (Å²) in [6.45, 7) is 1.64. The van der Waals surface area contributed by atoms with Gasteiger partial charge in [0.2, 0.25) is 0 Å². The molecule has 1 saturated carbocycles. The number of hydrogen-bond donors (Lipinski definition) is 1. The van der Waals surface area contributed by atoms with Gasteiger partial charge < -0.3 is 9.84 Å². The van der Waals surface area contributed by atoms with Crippen LogP contribution in [0.4, 0.5) is 13.2 Å². The topological polar surface area (TPSA) is 55.1 Å². The van der Waals surface area contributed by atoms with Crippen molar-refractivity contribution in [1.29, 1.82) is 0 Å². The van der Waals surface area contributed by atoms with E-state index in [1.54, 1.807) is 6.92 Å². The molecule has 0 aromatic carbocycles. The van der Waals surface area contributed by atoms with Gasteiger partial charge in [0.25, 0.3) is 5.91 Å². The van der Waals surface area contributed by atoms with E-state index in [-0.39, 0.29) is 18.5 Å². The van der Waals surface area contributed by atoms with Crippen LogP contribution in [0.15, 0.2) is 10.6 Å². The monoisotopic (exact) mass is 276 g/mol. The molecule has 1 amide bonds. The van der Waals surface area contributed by atoms with Crippen molar-refractivity contribution in [2.45, 2.75) is 44.8 Å². The first-order valence-corrected chi connectivity index (χ1v) is 6.17. The van der Waals surface area contributed by atoms with Crippen LogP contribution in [0.25, 0.3) is 0 Å². The number of aryl methyl sites for hydroxylation is 1. The lowest BCUT2D eigenvalue weighted by atomic mass is 9.85. The lowest BCUT2D eigenvalue weighted by molar-refractivity contribution is -0.183. The summed E-state index contributed by atoms with van der Waals surface area (Å²) in [5.74, 6) is -1.32. The second kappa shape index (κ2) is 5.22. The summed E-state index contributed by atoms with van der Waals surface area (Å²) in [5, 5.41) is 6.13. The van der Waals surface area contributed by atoms with Gasteiger partial charge in [-0.25, -0.2) is 0 Å². The van der Waals surface area contributed by atoms with Gasteiger partial charge in [-0.15, -0.1) is 0 Å². The normalized spacial score (nSPS) is 24.2. The van der Waals surface area contributed by atoms with E-state index < -0.39 is 24.0 Å². The standard InChI is InChI=1S/C12H15F3N2O2/c1-7-5-10(17-19-7)11(18)16-9-4-2-3-8(6-9)12(13,14)15/h5,8-9H,2-4,6H2,1H3,(H,16,18). The van der Waals surface area contributed by atoms with Crippen LogP contribution in [0.3, 0.4) is 0 Å². The van der Waals surface area contributed by atoms with Crippen molar-refractivity contribution >= 4 is 5.91 Å². The Kier molecular flexibility index (Phi) is 3.82. The van der Waals surface area contributed by atoms with Crippen molar-refractivity contribution in [2.75, 3.05) is 0 Å². The number of nitrogens with one attached hydrogen (secondary N) is 1. The Bertz CT molecular complexity index is 456. The maximum absolute atomic E-state index is 12.6. The quantitative estimate of drug-likeness (QED) is 0.903. The average Bonchev–Trinajstić information content (AvgIpc) is 2.75. The SMILES string of the molecule is Cc1cc(C(=O)NC2CCCC(C(F)(F)F)C2)no1. The van der Waals surface area contributed by atoms with Crippen LogP contribution >= 0.6 is 0 Å². The number of carbonyl (C=O) groups excluding carboxylic acids is 1. The second-order valence-corrected chi connectivity index (χ2v) is 4.90. The van der Waals surface area contributed by atoms with Crippen molar-refractivity contribution in [3.63, 3.8) is 0 Å². The fourth-order valence-electron chi connectivity index (χ4n) is 2.35. The molecule has 1 aromatic heterocycles. The molecule has 1 aliphatic carbocycles. The maximum atomic E-state index is 12.6. The van der Waals surface area contributed by atoms with Crippen LogP contribution in [0.5, 0.6) is 0 Å². The van der Waals surface area contributed by atoms with Crippen LogP contribution in [0, 0.1) is 12.8 Å². The summed E-state index contributed by atoms with van der Waals surface area (Å²) < 4.78 is 42.7. The smallest absolute Gasteiger partial charge is 0.361 e. The molecule has 0 bridgehead atoms. The highest BCUT2D eigenvalue weighted by molar-refractivity contribution is 5.92. The Hall–Kier alpha value is -1.53. The molecule has 2 rings (SSSR count). The summed E-state index contributed by atoms with van der Waals surface area (Å²) in [7, 11) is 0. The van der Waals surface area contributed by atoms with E-state index in [1.807, 2.05) is 0 Å². The Morgan fingerprint density at radius 1 is 1.47 bits per heavy atom. The van der Waals surface area contributed by atoms with Crippen LogP contribution in [0.1, 0.15) is 41.9 Å². The van der Waals surface area contributed by atoms with E-state index in [2.05, 4.69) is 10.5 Å². The summed E-state index contributed by atoms with van der Waals surface area (Å²) in [6, 6.07) is 1.00. The number of hydrogen-bond acceptors (Lipinski definition) is 3. The summed E-state index contributed by atoms with van der Waals surface area (Å²) in [4.78, 5) is 11.8. The Balaban J connectivity index is 1.94. The van der Waals surface area contributed by atoms with Crippen LogP contribution < -0.4 is 5.32 Å². The molecule has 0 saturated heterocycles. The van der Waals surface area contributed by atoms with Gasteiger partial charge in [-0.1, -0.05) is 11.6 Å². The molecule has 0 radical (unpaired) electrons. The van der Waals surface area contributed by atoms with Crippen molar-refractivity contribution in [1.82, 2.24) is 10.5 Å². The lowest BCUT2D eigenvalue weighted by Crippen LogP contribution is -2.41. The summed E-state index contributed by atoms with van der Waals surface area (Å²) in [6.07, 6.45) is -3.08. The molecule has 2 unspecified atom stereocenters. The number of nitrogens with zero attached hydrogens (tertiary/aromatic N) is 1. The number of halogens is 3. The van der Waals surface area contributed by atoms with Crippen molar-refractivity contribution < 1.29 is 22.5 Å². The van der Waals surface area contributed by atoms with Gasteiger partial charge in [-0.2, -0.15) is 13.2 Å². The van der Waals surface area contributed by atoms with Crippen LogP contribution in [0.2, 0.25) is 0 Å². The number of carbonyl (C=O) groups is 1. The highest BCUT2D eigenvalue weighted by atomic mass is 19.4. The molecular formula is C12H15F3N2O2. The third-order valence-electron chi connectivity index (χ3n) is 3.33. The van der Waals surface area contributed by atoms with Gasteiger partial charge in [-0.05, 0) is 26.2 Å². The summed E-state index contributed by atoms with van der Waals surface area (Å²) >= 11 is 0. The molecule has 1 fully saturated rings. The predicted octanol–water partition coefficient (Wildman–Crippen LogP) is 2.83. The van der Waals surface area contributed by atoms with Gasteiger partial charge in [-0.3, -0.25) is 4.79 Å². The van der Waals surface area contributed by atoms with E-state index in [0.29, 0.717) is 18.6 Å². The minimum atomic E-state index is -4.19. The first kappa shape index (κ1) is 13.9. The van der Waals surface area contributed by atoms with E-state index in [9.17, 15) is 18.0 Å². The van der Waals surface area contributed by atoms with Crippen LogP contribution in [-0.2, 0) is 0 Å². The third kappa shape index (κ3) is 3.48. The zero-order valence-electron chi connectivity index (χ0n) is 10.5. The van der Waals surface area contributed by atoms with Gasteiger partial charge in [0.15, 0.2) is 5.69 Å². The molecule has 1 N–H and O–H groups in total. The van der Waals surface area contributed by atoms with Gasteiger partial charge in [0.1, 0.15) is 5.76 Å². The number of amides is 1. The predicted molar refractivity (Wildman–Crippen MR) is 60.5 cm³/mol. The molecule has 1 aliphatic rings. The fourth-order valence-corrected chi connectivity index (χ4v) is 2.35. The van der Waals surface area contributed by atoms with E-state index in [0.717, 1.165) is 0 Å². The van der Waals surface area contributed by atoms with Crippen molar-refractivity contribution in [3.05, 3.63) is 17.5 Å². The largest absolute Gasteiger partial charge is 0.391 e. The zero-order chi connectivity index (χ0) is 14.0. The minimum absolute atomic E-state index is 0.0634. The zero-order valence-corrected chi connectivity index (χ0v) is 10.5. The summed E-state index contributed by atoms with van der Waals surface area (Å²) in [5.41, 5.74) is 0.103. The molecule has 106 valence electrons. The molecule has 1 heterocycles. The van der Waals surface area contributed by atoms with E-state index >= 15 is 0 Å². The third-order valence-corrected chi connectivity index (χ3v) is 3.33. The minimum Gasteiger partial charge on any atom is -0.361 e. The molecule has 1 aromatic rings. The molecule has 7 heteroatoms.